The summed E-state index contributed by atoms with van der Waals surface area (Å²) in [5.74, 6) is 0. The van der Waals surface area contributed by atoms with Crippen LogP contribution in [0.3, 0.4) is 0 Å². The number of aromatic nitrogens is 1. The summed E-state index contributed by atoms with van der Waals surface area (Å²) in [7, 11) is 0. The van der Waals surface area contributed by atoms with Crippen molar-refractivity contribution in [3.05, 3.63) is 40.2 Å². The molecule has 0 saturated heterocycles. The highest BCUT2D eigenvalue weighted by atomic mass is 32.1. The standard InChI is InChI=1S/C15H17NOS/c1-11-3-2-4-12(7-11)13-9-18-14(16-13)8-15(10-17)5-6-15/h2-4,7,9,17H,5-6,8,10H2,1H3. The predicted molar refractivity (Wildman–Crippen MR) is 74.7 cm³/mol. The SMILES string of the molecule is Cc1cccc(-c2csc(CC3(CO)CC3)n2)c1. The molecule has 1 aromatic heterocycles. The quantitative estimate of drug-likeness (QED) is 0.912. The number of nitrogens with zero attached hydrogens (tertiary/aromatic N) is 1. The third-order valence-electron chi connectivity index (χ3n) is 3.68. The van der Waals surface area contributed by atoms with E-state index in [0.29, 0.717) is 6.61 Å². The van der Waals surface area contributed by atoms with E-state index in [-0.39, 0.29) is 5.41 Å². The third-order valence-corrected chi connectivity index (χ3v) is 4.53. The zero-order valence-corrected chi connectivity index (χ0v) is 11.3. The lowest BCUT2D eigenvalue weighted by Crippen LogP contribution is -2.09. The summed E-state index contributed by atoms with van der Waals surface area (Å²) in [6.45, 7) is 2.40. The summed E-state index contributed by atoms with van der Waals surface area (Å²) in [5, 5.41) is 12.6. The normalized spacial score (nSPS) is 16.8. The van der Waals surface area contributed by atoms with Crippen molar-refractivity contribution >= 4 is 11.3 Å². The molecule has 0 spiro atoms. The van der Waals surface area contributed by atoms with Gasteiger partial charge < -0.3 is 5.11 Å². The Balaban J connectivity index is 1.81. The van der Waals surface area contributed by atoms with Gasteiger partial charge in [-0.1, -0.05) is 23.8 Å². The Hall–Kier alpha value is -1.19. The summed E-state index contributed by atoms with van der Waals surface area (Å²) >= 11 is 1.71. The molecule has 1 aliphatic rings. The Bertz CT molecular complexity index is 557. The molecule has 2 aromatic rings. The molecule has 2 nitrogen and oxygen atoms in total. The number of rotatable bonds is 4. The lowest BCUT2D eigenvalue weighted by Gasteiger charge is -2.07. The van der Waals surface area contributed by atoms with Crippen molar-refractivity contribution in [1.29, 1.82) is 0 Å². The lowest BCUT2D eigenvalue weighted by molar-refractivity contribution is 0.211. The van der Waals surface area contributed by atoms with E-state index in [1.165, 1.54) is 11.1 Å². The van der Waals surface area contributed by atoms with E-state index < -0.39 is 0 Å². The van der Waals surface area contributed by atoms with Crippen molar-refractivity contribution in [3.8, 4) is 11.3 Å². The van der Waals surface area contributed by atoms with Gasteiger partial charge in [-0.05, 0) is 31.2 Å². The van der Waals surface area contributed by atoms with E-state index in [9.17, 15) is 5.11 Å². The molecule has 0 bridgehead atoms. The van der Waals surface area contributed by atoms with Crippen LogP contribution in [0.25, 0.3) is 11.3 Å². The average molecular weight is 259 g/mol. The second-order valence-corrected chi connectivity index (χ2v) is 6.27. The fraction of sp³-hybridized carbons (Fsp3) is 0.400. The van der Waals surface area contributed by atoms with Crippen LogP contribution in [0.5, 0.6) is 0 Å². The maximum atomic E-state index is 9.35. The van der Waals surface area contributed by atoms with Gasteiger partial charge in [0.05, 0.1) is 10.7 Å². The van der Waals surface area contributed by atoms with Crippen LogP contribution in [0.4, 0.5) is 0 Å². The van der Waals surface area contributed by atoms with Crippen molar-refractivity contribution in [2.45, 2.75) is 26.2 Å². The highest BCUT2D eigenvalue weighted by Gasteiger charge is 2.42. The maximum absolute atomic E-state index is 9.35. The lowest BCUT2D eigenvalue weighted by atomic mass is 10.1. The molecule has 0 amide bonds. The number of aliphatic hydroxyl groups excluding tert-OH is 1. The highest BCUT2D eigenvalue weighted by molar-refractivity contribution is 7.09. The molecule has 1 aromatic carbocycles. The second kappa shape index (κ2) is 4.48. The molecule has 1 heterocycles. The monoisotopic (exact) mass is 259 g/mol. The number of hydrogen-bond donors (Lipinski definition) is 1. The molecule has 3 rings (SSSR count). The Labute approximate surface area is 111 Å². The maximum Gasteiger partial charge on any atom is 0.0939 e. The van der Waals surface area contributed by atoms with Gasteiger partial charge in [0, 0.05) is 24.0 Å². The zero-order valence-electron chi connectivity index (χ0n) is 10.5. The molecule has 3 heteroatoms. The van der Waals surface area contributed by atoms with Gasteiger partial charge in [-0.3, -0.25) is 0 Å². The van der Waals surface area contributed by atoms with Gasteiger partial charge in [-0.15, -0.1) is 11.3 Å². The molecule has 0 radical (unpaired) electrons. The van der Waals surface area contributed by atoms with Gasteiger partial charge in [0.2, 0.25) is 0 Å². The largest absolute Gasteiger partial charge is 0.396 e. The smallest absolute Gasteiger partial charge is 0.0939 e. The number of aliphatic hydroxyl groups is 1. The summed E-state index contributed by atoms with van der Waals surface area (Å²) in [4.78, 5) is 4.70. The molecule has 18 heavy (non-hydrogen) atoms. The van der Waals surface area contributed by atoms with Crippen LogP contribution in [0.1, 0.15) is 23.4 Å². The predicted octanol–water partition coefficient (Wildman–Crippen LogP) is 3.43. The van der Waals surface area contributed by atoms with E-state index in [0.717, 1.165) is 30.0 Å². The van der Waals surface area contributed by atoms with E-state index in [1.807, 2.05) is 0 Å². The van der Waals surface area contributed by atoms with Gasteiger partial charge in [0.1, 0.15) is 0 Å². The van der Waals surface area contributed by atoms with Crippen LogP contribution < -0.4 is 0 Å². The Kier molecular flexibility index (Phi) is 2.96. The number of benzene rings is 1. The molecule has 1 aliphatic carbocycles. The Morgan fingerprint density at radius 3 is 2.89 bits per heavy atom. The van der Waals surface area contributed by atoms with Crippen molar-refractivity contribution in [3.63, 3.8) is 0 Å². The summed E-state index contributed by atoms with van der Waals surface area (Å²) in [5.41, 5.74) is 3.66. The fourth-order valence-electron chi connectivity index (χ4n) is 2.22. The van der Waals surface area contributed by atoms with Gasteiger partial charge in [0.15, 0.2) is 0 Å². The first-order valence-corrected chi connectivity index (χ1v) is 7.21. The minimum atomic E-state index is 0.154. The Morgan fingerprint density at radius 2 is 2.22 bits per heavy atom. The van der Waals surface area contributed by atoms with E-state index in [1.54, 1.807) is 11.3 Å². The number of thiazole rings is 1. The first-order chi connectivity index (χ1) is 8.71. The molecular formula is C15H17NOS. The molecule has 0 atom stereocenters. The van der Waals surface area contributed by atoms with Crippen molar-refractivity contribution < 1.29 is 5.11 Å². The Morgan fingerprint density at radius 1 is 1.39 bits per heavy atom. The van der Waals surface area contributed by atoms with E-state index >= 15 is 0 Å². The minimum absolute atomic E-state index is 0.154. The average Bonchev–Trinajstić information content (AvgIpc) is 2.99. The molecule has 1 saturated carbocycles. The zero-order chi connectivity index (χ0) is 12.6. The molecule has 94 valence electrons. The van der Waals surface area contributed by atoms with Crippen LogP contribution in [-0.4, -0.2) is 16.7 Å². The minimum Gasteiger partial charge on any atom is -0.396 e. The molecule has 0 unspecified atom stereocenters. The first-order valence-electron chi connectivity index (χ1n) is 6.33. The third kappa shape index (κ3) is 2.33. The second-order valence-electron chi connectivity index (χ2n) is 5.33. The van der Waals surface area contributed by atoms with Crippen molar-refractivity contribution in [1.82, 2.24) is 4.98 Å². The summed E-state index contributed by atoms with van der Waals surface area (Å²) in [6.07, 6.45) is 3.21. The first kappa shape index (κ1) is 11.9. The fourth-order valence-corrected chi connectivity index (χ4v) is 3.19. The summed E-state index contributed by atoms with van der Waals surface area (Å²) < 4.78 is 0. The van der Waals surface area contributed by atoms with Gasteiger partial charge in [-0.2, -0.15) is 0 Å². The van der Waals surface area contributed by atoms with Crippen molar-refractivity contribution in [2.24, 2.45) is 5.41 Å². The number of hydrogen-bond acceptors (Lipinski definition) is 3. The van der Waals surface area contributed by atoms with E-state index in [4.69, 9.17) is 4.98 Å². The van der Waals surface area contributed by atoms with Gasteiger partial charge in [-0.25, -0.2) is 4.98 Å². The van der Waals surface area contributed by atoms with Crippen LogP contribution in [0.15, 0.2) is 29.6 Å². The topological polar surface area (TPSA) is 33.1 Å². The van der Waals surface area contributed by atoms with Crippen LogP contribution in [0, 0.1) is 12.3 Å². The van der Waals surface area contributed by atoms with E-state index in [2.05, 4.69) is 36.6 Å². The van der Waals surface area contributed by atoms with Crippen molar-refractivity contribution in [2.75, 3.05) is 6.61 Å². The summed E-state index contributed by atoms with van der Waals surface area (Å²) in [6, 6.07) is 8.43. The molecule has 1 fully saturated rings. The van der Waals surface area contributed by atoms with Gasteiger partial charge in [0.25, 0.3) is 0 Å². The van der Waals surface area contributed by atoms with Crippen LogP contribution >= 0.6 is 11.3 Å². The number of aryl methyl sites for hydroxylation is 1. The van der Waals surface area contributed by atoms with Crippen LogP contribution in [-0.2, 0) is 6.42 Å². The molecule has 1 N–H and O–H groups in total. The molecular weight excluding hydrogens is 242 g/mol. The van der Waals surface area contributed by atoms with Crippen LogP contribution in [0.2, 0.25) is 0 Å². The molecule has 0 aliphatic heterocycles. The van der Waals surface area contributed by atoms with Gasteiger partial charge >= 0.3 is 0 Å². The highest BCUT2D eigenvalue weighted by Crippen LogP contribution is 2.48.